The number of rotatable bonds is 6. The van der Waals surface area contributed by atoms with Gasteiger partial charge in [0.25, 0.3) is 0 Å². The second kappa shape index (κ2) is 8.11. The minimum atomic E-state index is -0.510. The first-order valence-corrected chi connectivity index (χ1v) is 8.87. The van der Waals surface area contributed by atoms with Crippen LogP contribution in [-0.2, 0) is 16.0 Å². The molecular weight excluding hydrogens is 378 g/mol. The molecule has 1 amide bonds. The van der Waals surface area contributed by atoms with Gasteiger partial charge in [-0.15, -0.1) is 11.3 Å². The molecule has 2 heterocycles. The smallest absolute Gasteiger partial charge is 0.337 e. The molecule has 0 saturated heterocycles. The number of benzene rings is 1. The topological polar surface area (TPSA) is 94.3 Å². The van der Waals surface area contributed by atoms with E-state index in [1.54, 1.807) is 0 Å². The van der Waals surface area contributed by atoms with Crippen LogP contribution in [0.2, 0.25) is 5.02 Å². The summed E-state index contributed by atoms with van der Waals surface area (Å²) in [5, 5.41) is 8.81. The Morgan fingerprint density at radius 3 is 2.92 bits per heavy atom. The fraction of sp³-hybridized carbons (Fsp3) is 0.176. The molecule has 0 aliphatic carbocycles. The summed E-state index contributed by atoms with van der Waals surface area (Å²) in [5.74, 6) is 0.0797. The Kier molecular flexibility index (Phi) is 5.65. The lowest BCUT2D eigenvalue weighted by atomic mass is 10.2. The number of amides is 1. The highest BCUT2D eigenvalue weighted by Crippen LogP contribution is 2.24. The van der Waals surface area contributed by atoms with Gasteiger partial charge in [-0.25, -0.2) is 4.79 Å². The Morgan fingerprint density at radius 1 is 1.35 bits per heavy atom. The van der Waals surface area contributed by atoms with Gasteiger partial charge in [-0.1, -0.05) is 22.8 Å². The predicted molar refractivity (Wildman–Crippen MR) is 97.4 cm³/mol. The second-order valence-electron chi connectivity index (χ2n) is 5.22. The van der Waals surface area contributed by atoms with Gasteiger partial charge in [0.2, 0.25) is 17.6 Å². The monoisotopic (exact) mass is 391 g/mol. The number of aromatic nitrogens is 2. The van der Waals surface area contributed by atoms with E-state index in [0.717, 1.165) is 4.88 Å². The highest BCUT2D eigenvalue weighted by Gasteiger charge is 2.14. The number of nitrogens with one attached hydrogen (secondary N) is 1. The molecule has 0 aliphatic heterocycles. The number of thiophene rings is 1. The number of anilines is 1. The summed E-state index contributed by atoms with van der Waals surface area (Å²) in [5.41, 5.74) is 0.633. The number of halogens is 1. The van der Waals surface area contributed by atoms with Gasteiger partial charge < -0.3 is 14.6 Å². The molecule has 9 heteroatoms. The molecule has 0 atom stereocenters. The number of nitrogens with zero attached hydrogens (tertiary/aromatic N) is 2. The minimum Gasteiger partial charge on any atom is -0.465 e. The first-order chi connectivity index (χ1) is 12.6. The Balaban J connectivity index is 1.60. The Hall–Kier alpha value is -2.71. The third kappa shape index (κ3) is 4.27. The van der Waals surface area contributed by atoms with Gasteiger partial charge >= 0.3 is 5.97 Å². The molecule has 2 aromatic heterocycles. The quantitative estimate of drug-likeness (QED) is 0.642. The molecule has 0 spiro atoms. The van der Waals surface area contributed by atoms with Gasteiger partial charge in [0.05, 0.1) is 28.3 Å². The Morgan fingerprint density at radius 2 is 2.19 bits per heavy atom. The van der Waals surface area contributed by atoms with Crippen LogP contribution in [0.15, 0.2) is 40.2 Å². The number of aryl methyl sites for hydroxylation is 1. The molecule has 3 rings (SSSR count). The van der Waals surface area contributed by atoms with Crippen LogP contribution in [-0.4, -0.2) is 29.1 Å². The lowest BCUT2D eigenvalue weighted by molar-refractivity contribution is -0.116. The van der Waals surface area contributed by atoms with Crippen molar-refractivity contribution in [3.05, 3.63) is 52.2 Å². The van der Waals surface area contributed by atoms with Crippen LogP contribution < -0.4 is 5.32 Å². The van der Waals surface area contributed by atoms with Crippen molar-refractivity contribution in [2.24, 2.45) is 0 Å². The normalized spacial score (nSPS) is 10.5. The van der Waals surface area contributed by atoms with E-state index >= 15 is 0 Å². The molecule has 0 fully saturated rings. The van der Waals surface area contributed by atoms with Gasteiger partial charge in [0.1, 0.15) is 0 Å². The summed E-state index contributed by atoms with van der Waals surface area (Å²) < 4.78 is 9.81. The van der Waals surface area contributed by atoms with E-state index < -0.39 is 5.97 Å². The summed E-state index contributed by atoms with van der Waals surface area (Å²) in [6.07, 6.45) is 0.420. The average molecular weight is 392 g/mol. The maximum absolute atomic E-state index is 12.2. The van der Waals surface area contributed by atoms with Crippen LogP contribution in [0.3, 0.4) is 0 Å². The summed E-state index contributed by atoms with van der Waals surface area (Å²) in [7, 11) is 1.28. The van der Waals surface area contributed by atoms with E-state index in [2.05, 4.69) is 20.2 Å². The minimum absolute atomic E-state index is 0.130. The number of esters is 1. The van der Waals surface area contributed by atoms with E-state index in [0.29, 0.717) is 34.4 Å². The zero-order valence-electron chi connectivity index (χ0n) is 13.7. The van der Waals surface area contributed by atoms with E-state index in [-0.39, 0.29) is 12.3 Å². The van der Waals surface area contributed by atoms with Crippen molar-refractivity contribution in [3.63, 3.8) is 0 Å². The maximum atomic E-state index is 12.2. The first kappa shape index (κ1) is 18.1. The first-order valence-electron chi connectivity index (χ1n) is 7.61. The summed E-state index contributed by atoms with van der Waals surface area (Å²) in [6, 6.07) is 8.30. The Bertz CT molecular complexity index is 924. The van der Waals surface area contributed by atoms with Crippen LogP contribution in [0.4, 0.5) is 5.69 Å². The van der Waals surface area contributed by atoms with Gasteiger partial charge in [-0.05, 0) is 29.6 Å². The molecule has 1 N–H and O–H groups in total. The van der Waals surface area contributed by atoms with E-state index in [4.69, 9.17) is 16.1 Å². The van der Waals surface area contributed by atoms with Crippen LogP contribution in [0.5, 0.6) is 0 Å². The summed E-state index contributed by atoms with van der Waals surface area (Å²) in [4.78, 5) is 28.9. The largest absolute Gasteiger partial charge is 0.465 e. The van der Waals surface area contributed by atoms with Crippen LogP contribution >= 0.6 is 22.9 Å². The highest BCUT2D eigenvalue weighted by atomic mass is 35.5. The molecular formula is C17H14ClN3O4S. The van der Waals surface area contributed by atoms with Crippen molar-refractivity contribution >= 4 is 40.5 Å². The number of hydrogen-bond acceptors (Lipinski definition) is 7. The summed E-state index contributed by atoms with van der Waals surface area (Å²) in [6.45, 7) is 0. The second-order valence-corrected chi connectivity index (χ2v) is 6.58. The number of ether oxygens (including phenoxy) is 1. The van der Waals surface area contributed by atoms with E-state index in [1.165, 1.54) is 36.6 Å². The van der Waals surface area contributed by atoms with Crippen molar-refractivity contribution in [1.82, 2.24) is 10.1 Å². The third-order valence-corrected chi connectivity index (χ3v) is 4.63. The molecule has 1 aromatic carbocycles. The van der Waals surface area contributed by atoms with E-state index in [1.807, 2.05) is 17.5 Å². The van der Waals surface area contributed by atoms with Crippen molar-refractivity contribution < 1.29 is 18.8 Å². The lowest BCUT2D eigenvalue weighted by Gasteiger charge is -2.08. The van der Waals surface area contributed by atoms with Crippen molar-refractivity contribution in [2.45, 2.75) is 12.8 Å². The molecule has 0 bridgehead atoms. The van der Waals surface area contributed by atoms with Gasteiger partial charge in [0.15, 0.2) is 0 Å². The average Bonchev–Trinajstić information content (AvgIpc) is 3.32. The molecule has 0 unspecified atom stereocenters. The molecule has 7 nitrogen and oxygen atoms in total. The fourth-order valence-corrected chi connectivity index (χ4v) is 2.98. The molecule has 26 heavy (non-hydrogen) atoms. The highest BCUT2D eigenvalue weighted by molar-refractivity contribution is 7.13. The van der Waals surface area contributed by atoms with E-state index in [9.17, 15) is 9.59 Å². The van der Waals surface area contributed by atoms with Gasteiger partial charge in [0, 0.05) is 12.8 Å². The SMILES string of the molecule is COC(=O)c1ccc(Cl)c(NC(=O)CCc2nc(-c3cccs3)no2)c1. The lowest BCUT2D eigenvalue weighted by Crippen LogP contribution is -2.13. The van der Waals surface area contributed by atoms with Crippen molar-refractivity contribution in [1.29, 1.82) is 0 Å². The maximum Gasteiger partial charge on any atom is 0.337 e. The zero-order valence-corrected chi connectivity index (χ0v) is 15.3. The van der Waals surface area contributed by atoms with Crippen molar-refractivity contribution in [2.75, 3.05) is 12.4 Å². The number of hydrogen-bond donors (Lipinski definition) is 1. The third-order valence-electron chi connectivity index (χ3n) is 3.44. The number of carbonyl (C=O) groups excluding carboxylic acids is 2. The van der Waals surface area contributed by atoms with Crippen LogP contribution in [0.1, 0.15) is 22.7 Å². The molecule has 0 aliphatic rings. The molecule has 134 valence electrons. The van der Waals surface area contributed by atoms with Crippen LogP contribution in [0, 0.1) is 0 Å². The zero-order chi connectivity index (χ0) is 18.5. The Labute approximate surface area is 157 Å². The molecule has 3 aromatic rings. The predicted octanol–water partition coefficient (Wildman–Crippen LogP) is 3.81. The standard InChI is InChI=1S/C17H14ClN3O4S/c1-24-17(23)10-4-5-11(18)12(9-10)19-14(22)6-7-15-20-16(21-25-15)13-3-2-8-26-13/h2-5,8-9H,6-7H2,1H3,(H,19,22). The van der Waals surface area contributed by atoms with Gasteiger partial charge in [-0.3, -0.25) is 4.79 Å². The summed E-state index contributed by atoms with van der Waals surface area (Å²) >= 11 is 7.57. The van der Waals surface area contributed by atoms with Crippen molar-refractivity contribution in [3.8, 4) is 10.7 Å². The van der Waals surface area contributed by atoms with Crippen LogP contribution in [0.25, 0.3) is 10.7 Å². The number of methoxy groups -OCH3 is 1. The van der Waals surface area contributed by atoms with Gasteiger partial charge in [-0.2, -0.15) is 4.98 Å². The molecule has 0 saturated carbocycles. The fourth-order valence-electron chi connectivity index (χ4n) is 2.16. The molecule has 0 radical (unpaired) electrons. The number of carbonyl (C=O) groups is 2.